The van der Waals surface area contributed by atoms with E-state index >= 15 is 0 Å². The summed E-state index contributed by atoms with van der Waals surface area (Å²) in [4.78, 5) is 0. The number of rotatable bonds is 0. The van der Waals surface area contributed by atoms with E-state index in [0.717, 1.165) is 16.5 Å². The quantitative estimate of drug-likeness (QED) is 0.577. The van der Waals surface area contributed by atoms with Crippen LogP contribution >= 0.6 is 12.4 Å². The minimum absolute atomic E-state index is 0. The Morgan fingerprint density at radius 3 is 1.50 bits per heavy atom. The van der Waals surface area contributed by atoms with Crippen molar-refractivity contribution in [2.24, 2.45) is 5.41 Å². The largest absolute Gasteiger partial charge is 0.147 e. The molecule has 0 aromatic heterocycles. The van der Waals surface area contributed by atoms with Crippen molar-refractivity contribution < 1.29 is 0 Å². The molecule has 0 spiro atoms. The second-order valence-corrected chi connectivity index (χ2v) is 6.22. The van der Waals surface area contributed by atoms with E-state index in [-0.39, 0.29) is 12.4 Å². The van der Waals surface area contributed by atoms with Gasteiger partial charge in [-0.2, -0.15) is 0 Å². The summed E-state index contributed by atoms with van der Waals surface area (Å²) >= 11 is 0.847. The third kappa shape index (κ3) is 1.51. The van der Waals surface area contributed by atoms with E-state index in [2.05, 4.69) is 34.6 Å². The SMILES string of the molecule is CC1=C(C)C(C)(C)[C]([GeH3])=C1C.Cl. The van der Waals surface area contributed by atoms with Crippen molar-refractivity contribution in [3.63, 3.8) is 0 Å². The van der Waals surface area contributed by atoms with E-state index in [1.165, 1.54) is 5.57 Å². The van der Waals surface area contributed by atoms with Crippen LogP contribution in [0, 0.1) is 5.41 Å². The van der Waals surface area contributed by atoms with Gasteiger partial charge in [0.2, 0.25) is 0 Å². The van der Waals surface area contributed by atoms with Gasteiger partial charge in [0.1, 0.15) is 0 Å². The zero-order valence-electron chi connectivity index (χ0n) is 8.91. The molecule has 1 aliphatic rings. The Balaban J connectivity index is 0.00000121. The molecule has 2 heteroatoms. The monoisotopic (exact) mass is 248 g/mol. The van der Waals surface area contributed by atoms with Crippen LogP contribution in [-0.2, 0) is 0 Å². The molecule has 0 aromatic carbocycles. The third-order valence-corrected chi connectivity index (χ3v) is 7.76. The van der Waals surface area contributed by atoms with Crippen molar-refractivity contribution >= 4 is 28.9 Å². The summed E-state index contributed by atoms with van der Waals surface area (Å²) in [6.07, 6.45) is 0. The summed E-state index contributed by atoms with van der Waals surface area (Å²) in [5.74, 6) is 0. The standard InChI is InChI=1S/C10H18Ge.ClH/c1-6-7(2)9(11)10(4,5)8(6)3;/h1-5,11H3;1H. The smallest absolute Gasteiger partial charge is 0.147 e. The van der Waals surface area contributed by atoms with Crippen molar-refractivity contribution in [1.82, 2.24) is 0 Å². The van der Waals surface area contributed by atoms with E-state index < -0.39 is 0 Å². The Bertz CT molecular complexity index is 233. The van der Waals surface area contributed by atoms with Gasteiger partial charge in [-0.25, -0.2) is 0 Å². The van der Waals surface area contributed by atoms with Crippen LogP contribution in [0.5, 0.6) is 0 Å². The maximum Gasteiger partial charge on any atom is -0.147 e. The van der Waals surface area contributed by atoms with Crippen LogP contribution in [0.15, 0.2) is 21.1 Å². The number of allylic oxidation sites excluding steroid dienone is 4. The van der Waals surface area contributed by atoms with Crippen LogP contribution in [0.25, 0.3) is 0 Å². The molecule has 0 aliphatic heterocycles. The van der Waals surface area contributed by atoms with Gasteiger partial charge >= 0.3 is 77.7 Å². The molecule has 0 heterocycles. The van der Waals surface area contributed by atoms with Crippen LogP contribution in [0.4, 0.5) is 0 Å². The van der Waals surface area contributed by atoms with Crippen LogP contribution in [0.2, 0.25) is 0 Å². The van der Waals surface area contributed by atoms with Gasteiger partial charge in [-0.3, -0.25) is 0 Å². The first-order valence-electron chi connectivity index (χ1n) is 4.25. The van der Waals surface area contributed by atoms with Crippen molar-refractivity contribution in [3.8, 4) is 0 Å². The minimum atomic E-state index is 0. The summed E-state index contributed by atoms with van der Waals surface area (Å²) in [6.45, 7) is 11.5. The second-order valence-electron chi connectivity index (χ2n) is 4.12. The summed E-state index contributed by atoms with van der Waals surface area (Å²) in [6, 6.07) is 0. The Morgan fingerprint density at radius 1 is 1.00 bits per heavy atom. The first kappa shape index (κ1) is 12.3. The van der Waals surface area contributed by atoms with Crippen molar-refractivity contribution in [2.75, 3.05) is 0 Å². The fraction of sp³-hybridized carbons (Fsp3) is 0.600. The summed E-state index contributed by atoms with van der Waals surface area (Å²) in [5, 5.41) is 0. The van der Waals surface area contributed by atoms with Gasteiger partial charge in [0.05, 0.1) is 0 Å². The van der Waals surface area contributed by atoms with Gasteiger partial charge in [0, 0.05) is 0 Å². The van der Waals surface area contributed by atoms with Gasteiger partial charge in [-0.05, 0) is 0 Å². The molecule has 0 aromatic rings. The van der Waals surface area contributed by atoms with E-state index in [4.69, 9.17) is 0 Å². The van der Waals surface area contributed by atoms with Crippen molar-refractivity contribution in [1.29, 1.82) is 0 Å². The zero-order chi connectivity index (χ0) is 8.81. The Kier molecular flexibility index (Phi) is 3.68. The molecule has 0 nitrogen and oxygen atoms in total. The molecule has 0 bridgehead atoms. The molecular formula is C10H19ClGe. The Hall–Kier alpha value is 0.313. The predicted octanol–water partition coefficient (Wildman–Crippen LogP) is 2.42. The third-order valence-electron chi connectivity index (χ3n) is 3.56. The van der Waals surface area contributed by atoms with E-state index in [9.17, 15) is 0 Å². The molecule has 1 aliphatic carbocycles. The Labute approximate surface area is 90.1 Å². The molecule has 70 valence electrons. The maximum atomic E-state index is 2.35. The minimum Gasteiger partial charge on any atom is -0.147 e. The summed E-state index contributed by atoms with van der Waals surface area (Å²) < 4.78 is 1.72. The summed E-state index contributed by atoms with van der Waals surface area (Å²) in [7, 11) is 0. The fourth-order valence-corrected chi connectivity index (χ4v) is 3.35. The molecular weight excluding hydrogens is 228 g/mol. The Morgan fingerprint density at radius 2 is 1.42 bits per heavy atom. The zero-order valence-corrected chi connectivity index (χ0v) is 13.9. The van der Waals surface area contributed by atoms with Crippen LogP contribution < -0.4 is 0 Å². The molecule has 0 N–H and O–H groups in total. The van der Waals surface area contributed by atoms with E-state index in [1.54, 1.807) is 15.6 Å². The first-order valence-corrected chi connectivity index (χ1v) is 6.35. The molecule has 0 unspecified atom stereocenters. The van der Waals surface area contributed by atoms with Crippen molar-refractivity contribution in [2.45, 2.75) is 34.6 Å². The van der Waals surface area contributed by atoms with Crippen LogP contribution in [0.3, 0.4) is 0 Å². The molecule has 0 saturated heterocycles. The molecule has 0 radical (unpaired) electrons. The molecule has 0 fully saturated rings. The number of halogens is 1. The topological polar surface area (TPSA) is 0 Å². The average molecular weight is 247 g/mol. The predicted molar refractivity (Wildman–Crippen MR) is 62.0 cm³/mol. The molecule has 0 amide bonds. The van der Waals surface area contributed by atoms with Gasteiger partial charge in [0.25, 0.3) is 0 Å². The van der Waals surface area contributed by atoms with Gasteiger partial charge in [-0.1, -0.05) is 0 Å². The number of hydrogen-bond acceptors (Lipinski definition) is 0. The van der Waals surface area contributed by atoms with Gasteiger partial charge < -0.3 is 0 Å². The van der Waals surface area contributed by atoms with Gasteiger partial charge in [-0.15, -0.1) is 12.4 Å². The molecule has 1 rings (SSSR count). The molecule has 12 heavy (non-hydrogen) atoms. The first-order chi connectivity index (χ1) is 4.89. The molecule has 0 saturated carbocycles. The normalized spacial score (nSPS) is 21.8. The number of hydrogen-bond donors (Lipinski definition) is 0. The van der Waals surface area contributed by atoms with Crippen LogP contribution in [-0.4, -0.2) is 16.5 Å². The van der Waals surface area contributed by atoms with E-state index in [0.29, 0.717) is 5.41 Å². The molecule has 0 atom stereocenters. The van der Waals surface area contributed by atoms with Crippen molar-refractivity contribution in [3.05, 3.63) is 21.1 Å². The maximum absolute atomic E-state index is 2.35. The van der Waals surface area contributed by atoms with Gasteiger partial charge in [0.15, 0.2) is 0 Å². The fourth-order valence-electron chi connectivity index (χ4n) is 1.78. The average Bonchev–Trinajstić information content (AvgIpc) is 2.06. The van der Waals surface area contributed by atoms with E-state index in [1.807, 2.05) is 0 Å². The van der Waals surface area contributed by atoms with Crippen LogP contribution in [0.1, 0.15) is 34.6 Å². The summed E-state index contributed by atoms with van der Waals surface area (Å²) in [5.41, 5.74) is 5.09. The second kappa shape index (κ2) is 3.59.